The zero-order chi connectivity index (χ0) is 22.9. The molecule has 1 aliphatic rings. The normalized spacial score (nSPS) is 16.2. The van der Waals surface area contributed by atoms with Crippen molar-refractivity contribution in [2.75, 3.05) is 6.54 Å². The van der Waals surface area contributed by atoms with Crippen molar-refractivity contribution in [2.24, 2.45) is 0 Å². The quantitative estimate of drug-likeness (QED) is 0.393. The first kappa shape index (κ1) is 21.0. The molecule has 0 saturated carbocycles. The smallest absolute Gasteiger partial charge is 0.290 e. The van der Waals surface area contributed by atoms with E-state index in [9.17, 15) is 14.7 Å². The molecule has 7 nitrogen and oxygen atoms in total. The lowest BCUT2D eigenvalue weighted by Gasteiger charge is -2.27. The van der Waals surface area contributed by atoms with Gasteiger partial charge >= 0.3 is 0 Å². The fourth-order valence-corrected chi connectivity index (χ4v) is 4.41. The molecule has 2 aromatic carbocycles. The summed E-state index contributed by atoms with van der Waals surface area (Å²) < 4.78 is 7.64. The molecule has 1 atom stereocenters. The lowest BCUT2D eigenvalue weighted by atomic mass is 9.95. The zero-order valence-corrected chi connectivity index (χ0v) is 18.3. The topological polar surface area (TPSA) is 88.6 Å². The summed E-state index contributed by atoms with van der Waals surface area (Å²) in [6, 6.07) is 15.1. The van der Waals surface area contributed by atoms with E-state index in [0.717, 1.165) is 5.39 Å². The molecule has 5 rings (SSSR count). The number of amides is 1. The van der Waals surface area contributed by atoms with E-state index >= 15 is 0 Å². The number of aliphatic hydroxyl groups is 1. The van der Waals surface area contributed by atoms with Crippen molar-refractivity contribution in [1.29, 1.82) is 0 Å². The molecule has 0 unspecified atom stereocenters. The summed E-state index contributed by atoms with van der Waals surface area (Å²) in [5.41, 5.74) is 1.19. The number of ketones is 1. The zero-order valence-electron chi connectivity index (χ0n) is 17.5. The number of carbonyl (C=O) groups is 2. The average molecular weight is 462 g/mol. The summed E-state index contributed by atoms with van der Waals surface area (Å²) >= 11 is 6.22. The Labute approximate surface area is 194 Å². The van der Waals surface area contributed by atoms with Crippen LogP contribution in [0.2, 0.25) is 5.02 Å². The standard InChI is InChI=1S/C25H20ClN3O4/c26-18-7-3-6-17(13-18)22-21(23(30)20-14-16-5-1-2-8-19(16)33-20)24(31)25(32)29(22)11-4-10-28-12-9-27-15-28/h1-3,5-9,12-15,22,31H,4,10-11H2/t22-/m1/s1. The van der Waals surface area contributed by atoms with E-state index in [0.29, 0.717) is 35.7 Å². The molecule has 0 bridgehead atoms. The molecule has 33 heavy (non-hydrogen) atoms. The highest BCUT2D eigenvalue weighted by molar-refractivity contribution is 6.30. The Morgan fingerprint density at radius 1 is 1.12 bits per heavy atom. The van der Waals surface area contributed by atoms with Crippen LogP contribution in [-0.2, 0) is 11.3 Å². The number of aliphatic hydroxyl groups excluding tert-OH is 1. The first-order chi connectivity index (χ1) is 16.0. The third-order valence-electron chi connectivity index (χ3n) is 5.74. The highest BCUT2D eigenvalue weighted by Crippen LogP contribution is 2.40. The molecule has 1 aliphatic heterocycles. The van der Waals surface area contributed by atoms with Crippen molar-refractivity contribution < 1.29 is 19.1 Å². The van der Waals surface area contributed by atoms with Crippen molar-refractivity contribution in [3.05, 3.63) is 101 Å². The van der Waals surface area contributed by atoms with Crippen molar-refractivity contribution >= 4 is 34.3 Å². The van der Waals surface area contributed by atoms with Crippen LogP contribution in [0.25, 0.3) is 11.0 Å². The number of benzene rings is 2. The molecule has 1 amide bonds. The van der Waals surface area contributed by atoms with E-state index in [4.69, 9.17) is 16.0 Å². The third-order valence-corrected chi connectivity index (χ3v) is 5.97. The largest absolute Gasteiger partial charge is 0.503 e. The summed E-state index contributed by atoms with van der Waals surface area (Å²) in [5, 5.41) is 12.0. The van der Waals surface area contributed by atoms with Crippen molar-refractivity contribution in [3.63, 3.8) is 0 Å². The number of halogens is 1. The van der Waals surface area contributed by atoms with E-state index < -0.39 is 23.5 Å². The number of nitrogens with zero attached hydrogens (tertiary/aromatic N) is 3. The van der Waals surface area contributed by atoms with Gasteiger partial charge in [0.05, 0.1) is 17.9 Å². The Kier molecular flexibility index (Phi) is 5.48. The molecule has 0 fully saturated rings. The van der Waals surface area contributed by atoms with Crippen LogP contribution in [0.3, 0.4) is 0 Å². The van der Waals surface area contributed by atoms with Gasteiger partial charge in [-0.25, -0.2) is 4.98 Å². The van der Waals surface area contributed by atoms with Crippen LogP contribution < -0.4 is 0 Å². The average Bonchev–Trinajstić information content (AvgIpc) is 3.53. The van der Waals surface area contributed by atoms with Crippen molar-refractivity contribution in [2.45, 2.75) is 19.0 Å². The Morgan fingerprint density at radius 3 is 2.73 bits per heavy atom. The number of aryl methyl sites for hydroxylation is 1. The molecule has 8 heteroatoms. The van der Waals surface area contributed by atoms with Gasteiger partial charge in [-0.15, -0.1) is 0 Å². The highest BCUT2D eigenvalue weighted by Gasteiger charge is 2.44. The van der Waals surface area contributed by atoms with Crippen molar-refractivity contribution in [3.8, 4) is 0 Å². The summed E-state index contributed by atoms with van der Waals surface area (Å²) in [6.07, 6.45) is 5.84. The number of hydrogen-bond acceptors (Lipinski definition) is 5. The number of hydrogen-bond donors (Lipinski definition) is 1. The maximum atomic E-state index is 13.5. The van der Waals surface area contributed by atoms with Gasteiger partial charge in [0.1, 0.15) is 5.58 Å². The molecule has 4 aromatic rings. The van der Waals surface area contributed by atoms with E-state index in [-0.39, 0.29) is 11.3 Å². The van der Waals surface area contributed by atoms with Gasteiger partial charge in [-0.3, -0.25) is 9.59 Å². The Hall–Kier alpha value is -3.84. The number of carbonyl (C=O) groups excluding carboxylic acids is 2. The Morgan fingerprint density at radius 2 is 1.97 bits per heavy atom. The van der Waals surface area contributed by atoms with Crippen LogP contribution in [0, 0.1) is 0 Å². The number of imidazole rings is 1. The second kappa shape index (κ2) is 8.60. The predicted molar refractivity (Wildman–Crippen MR) is 123 cm³/mol. The van der Waals surface area contributed by atoms with Gasteiger partial charge in [0.25, 0.3) is 5.91 Å². The second-order valence-electron chi connectivity index (χ2n) is 7.85. The fourth-order valence-electron chi connectivity index (χ4n) is 4.21. The molecule has 3 heterocycles. The van der Waals surface area contributed by atoms with E-state index in [2.05, 4.69) is 4.98 Å². The molecule has 0 radical (unpaired) electrons. The number of fused-ring (bicyclic) bond motifs is 1. The molecule has 0 spiro atoms. The van der Waals surface area contributed by atoms with Gasteiger partial charge in [0.15, 0.2) is 11.5 Å². The van der Waals surface area contributed by atoms with Crippen LogP contribution in [0.5, 0.6) is 0 Å². The van der Waals surface area contributed by atoms with Gasteiger partial charge in [0.2, 0.25) is 5.78 Å². The first-order valence-electron chi connectivity index (χ1n) is 10.5. The van der Waals surface area contributed by atoms with E-state index in [1.54, 1.807) is 48.9 Å². The highest BCUT2D eigenvalue weighted by atomic mass is 35.5. The summed E-state index contributed by atoms with van der Waals surface area (Å²) in [6.45, 7) is 0.967. The molecule has 0 aliphatic carbocycles. The first-order valence-corrected chi connectivity index (χ1v) is 10.9. The van der Waals surface area contributed by atoms with E-state index in [1.807, 2.05) is 29.0 Å². The SMILES string of the molecule is O=C(C1=C(O)C(=O)N(CCCn2ccnc2)[C@@H]1c1cccc(Cl)c1)c1cc2ccccc2o1. The number of Topliss-reactive ketones (excluding diaryl/α,β-unsaturated/α-hetero) is 1. The minimum Gasteiger partial charge on any atom is -0.503 e. The minimum absolute atomic E-state index is 0.0102. The number of aromatic nitrogens is 2. The van der Waals surface area contributed by atoms with Crippen LogP contribution in [0.15, 0.2) is 89.1 Å². The minimum atomic E-state index is -0.778. The molecule has 0 saturated heterocycles. The molecular weight excluding hydrogens is 442 g/mol. The van der Waals surface area contributed by atoms with Gasteiger partial charge in [-0.1, -0.05) is 41.9 Å². The number of furan rings is 1. The molecule has 1 N–H and O–H groups in total. The van der Waals surface area contributed by atoms with Gasteiger partial charge in [-0.05, 0) is 36.2 Å². The van der Waals surface area contributed by atoms with Gasteiger partial charge in [0, 0.05) is 35.9 Å². The molecular formula is C25H20ClN3O4. The number of para-hydroxylation sites is 1. The van der Waals surface area contributed by atoms with Crippen molar-refractivity contribution in [1.82, 2.24) is 14.5 Å². The Bertz CT molecular complexity index is 1340. The van der Waals surface area contributed by atoms with E-state index in [1.165, 1.54) is 4.90 Å². The van der Waals surface area contributed by atoms with Crippen LogP contribution in [0.4, 0.5) is 0 Å². The summed E-state index contributed by atoms with van der Waals surface area (Å²) in [7, 11) is 0. The molecule has 2 aromatic heterocycles. The van der Waals surface area contributed by atoms with Crippen LogP contribution >= 0.6 is 11.6 Å². The maximum absolute atomic E-state index is 13.5. The predicted octanol–water partition coefficient (Wildman–Crippen LogP) is 4.95. The third kappa shape index (κ3) is 3.91. The van der Waals surface area contributed by atoms with Gasteiger partial charge < -0.3 is 19.0 Å². The molecule has 166 valence electrons. The van der Waals surface area contributed by atoms with Crippen LogP contribution in [-0.4, -0.2) is 37.8 Å². The summed E-state index contributed by atoms with van der Waals surface area (Å²) in [5.74, 6) is -1.62. The van der Waals surface area contributed by atoms with Crippen LogP contribution in [0.1, 0.15) is 28.6 Å². The maximum Gasteiger partial charge on any atom is 0.290 e. The number of rotatable bonds is 7. The lowest BCUT2D eigenvalue weighted by molar-refractivity contribution is -0.129. The second-order valence-corrected chi connectivity index (χ2v) is 8.29. The Balaban J connectivity index is 1.51. The summed E-state index contributed by atoms with van der Waals surface area (Å²) in [4.78, 5) is 32.1. The lowest BCUT2D eigenvalue weighted by Crippen LogP contribution is -2.32. The monoisotopic (exact) mass is 461 g/mol. The van der Waals surface area contributed by atoms with Gasteiger partial charge in [-0.2, -0.15) is 0 Å². The fraction of sp³-hybridized carbons (Fsp3) is 0.160.